The first-order chi connectivity index (χ1) is 16.1. The lowest BCUT2D eigenvalue weighted by atomic mass is 9.68. The molecule has 1 aromatic carbocycles. The number of carbonyl (C=O) groups excluding carboxylic acids is 1. The van der Waals surface area contributed by atoms with Crippen LogP contribution in [0.1, 0.15) is 81.7 Å². The maximum Gasteiger partial charge on any atom is 0.367 e. The molecule has 2 fully saturated rings. The van der Waals surface area contributed by atoms with Gasteiger partial charge < -0.3 is 4.74 Å². The van der Waals surface area contributed by atoms with Crippen molar-refractivity contribution in [3.8, 4) is 11.3 Å². The lowest BCUT2D eigenvalue weighted by molar-refractivity contribution is 0.181. The minimum absolute atomic E-state index is 0.0884. The van der Waals surface area contributed by atoms with E-state index in [0.29, 0.717) is 24.1 Å². The minimum atomic E-state index is -0.304. The number of benzene rings is 1. The number of hydrogen-bond acceptors (Lipinski definition) is 5. The molecule has 0 unspecified atom stereocenters. The van der Waals surface area contributed by atoms with E-state index in [0.717, 1.165) is 54.4 Å². The molecule has 0 atom stereocenters. The predicted molar refractivity (Wildman–Crippen MR) is 133 cm³/mol. The molecule has 0 amide bonds. The molecule has 0 N–H and O–H groups in total. The number of fused-ring (bicyclic) bond motifs is 4. The van der Waals surface area contributed by atoms with Crippen molar-refractivity contribution in [2.24, 2.45) is 5.92 Å². The van der Waals surface area contributed by atoms with E-state index in [1.165, 1.54) is 50.5 Å². The largest absolute Gasteiger partial charge is 0.458 e. The third-order valence-corrected chi connectivity index (χ3v) is 8.64. The van der Waals surface area contributed by atoms with Crippen LogP contribution in [0.25, 0.3) is 11.3 Å². The first-order valence-electron chi connectivity index (χ1n) is 12.6. The molecular weight excluding hydrogens is 432 g/mol. The van der Waals surface area contributed by atoms with Crippen LogP contribution in [-0.4, -0.2) is 21.5 Å². The van der Waals surface area contributed by atoms with Crippen molar-refractivity contribution in [3.05, 3.63) is 51.6 Å². The minimum Gasteiger partial charge on any atom is -0.458 e. The van der Waals surface area contributed by atoms with Crippen LogP contribution < -0.4 is 5.56 Å². The van der Waals surface area contributed by atoms with Crippen molar-refractivity contribution < 1.29 is 9.53 Å². The quantitative estimate of drug-likeness (QED) is 0.488. The van der Waals surface area contributed by atoms with Crippen LogP contribution in [0.5, 0.6) is 0 Å². The fourth-order valence-corrected chi connectivity index (χ4v) is 6.99. The lowest BCUT2D eigenvalue weighted by Gasteiger charge is -2.37. The molecule has 6 heteroatoms. The smallest absolute Gasteiger partial charge is 0.367 e. The van der Waals surface area contributed by atoms with Gasteiger partial charge in [-0.25, -0.2) is 9.78 Å². The normalized spacial score (nSPS) is 19.3. The SMILES string of the molecule is CCOC(=O)SCc1nc2c(c(=O)n1CC1CCCCC1)C1(CCCC1)Cc1ccccc1-2. The molecule has 5 rings (SSSR count). The number of ether oxygens (including phenoxy) is 1. The third kappa shape index (κ3) is 4.39. The third-order valence-electron chi connectivity index (χ3n) is 7.89. The lowest BCUT2D eigenvalue weighted by Crippen LogP contribution is -2.41. The zero-order valence-corrected chi connectivity index (χ0v) is 20.4. The van der Waals surface area contributed by atoms with Crippen LogP contribution in [0, 0.1) is 5.92 Å². The predicted octanol–water partition coefficient (Wildman–Crippen LogP) is 6.25. The zero-order valence-electron chi connectivity index (χ0n) is 19.6. The van der Waals surface area contributed by atoms with Gasteiger partial charge in [0.1, 0.15) is 5.82 Å². The van der Waals surface area contributed by atoms with Gasteiger partial charge in [-0.1, -0.05) is 56.4 Å². The highest BCUT2D eigenvalue weighted by atomic mass is 32.2. The van der Waals surface area contributed by atoms with Crippen LogP contribution in [-0.2, 0) is 28.9 Å². The molecule has 1 heterocycles. The molecule has 1 aromatic heterocycles. The van der Waals surface area contributed by atoms with Crippen molar-refractivity contribution in [2.75, 3.05) is 6.61 Å². The van der Waals surface area contributed by atoms with Crippen molar-refractivity contribution >= 4 is 17.1 Å². The van der Waals surface area contributed by atoms with E-state index in [-0.39, 0.29) is 16.3 Å². The Morgan fingerprint density at radius 2 is 1.91 bits per heavy atom. The summed E-state index contributed by atoms with van der Waals surface area (Å²) in [5.41, 5.74) is 4.25. The summed E-state index contributed by atoms with van der Waals surface area (Å²) in [6.45, 7) is 2.89. The Balaban J connectivity index is 1.63. The van der Waals surface area contributed by atoms with Gasteiger partial charge in [-0.3, -0.25) is 9.36 Å². The van der Waals surface area contributed by atoms with Crippen LogP contribution in [0.2, 0.25) is 0 Å². The van der Waals surface area contributed by atoms with E-state index in [9.17, 15) is 9.59 Å². The molecule has 2 saturated carbocycles. The molecule has 0 saturated heterocycles. The Kier molecular flexibility index (Phi) is 6.64. The summed E-state index contributed by atoms with van der Waals surface area (Å²) in [6, 6.07) is 8.43. The van der Waals surface area contributed by atoms with E-state index in [4.69, 9.17) is 9.72 Å². The monoisotopic (exact) mass is 466 g/mol. The van der Waals surface area contributed by atoms with Gasteiger partial charge in [0.15, 0.2) is 0 Å². The van der Waals surface area contributed by atoms with E-state index >= 15 is 0 Å². The van der Waals surface area contributed by atoms with Crippen molar-refractivity contribution in [2.45, 2.75) is 88.8 Å². The first kappa shape index (κ1) is 22.7. The fraction of sp³-hybridized carbons (Fsp3) is 0.593. The number of aromatic nitrogens is 2. The number of carbonyl (C=O) groups is 1. The summed E-state index contributed by atoms with van der Waals surface area (Å²) in [5.74, 6) is 1.59. The van der Waals surface area contributed by atoms with Crippen LogP contribution >= 0.6 is 11.8 Å². The van der Waals surface area contributed by atoms with Gasteiger partial charge in [-0.05, 0) is 62.3 Å². The van der Waals surface area contributed by atoms with E-state index < -0.39 is 0 Å². The van der Waals surface area contributed by atoms with Crippen molar-refractivity contribution in [3.63, 3.8) is 0 Å². The Bertz CT molecular complexity index is 1080. The maximum atomic E-state index is 14.2. The number of nitrogens with zero attached hydrogens (tertiary/aromatic N) is 2. The second-order valence-electron chi connectivity index (χ2n) is 9.96. The van der Waals surface area contributed by atoms with Crippen LogP contribution in [0.15, 0.2) is 29.1 Å². The van der Waals surface area contributed by atoms with Crippen molar-refractivity contribution in [1.82, 2.24) is 9.55 Å². The number of hydrogen-bond donors (Lipinski definition) is 0. The molecule has 0 bridgehead atoms. The van der Waals surface area contributed by atoms with Gasteiger partial charge in [0.05, 0.1) is 23.6 Å². The average Bonchev–Trinajstić information content (AvgIpc) is 3.28. The second kappa shape index (κ2) is 9.65. The molecule has 2 aromatic rings. The summed E-state index contributed by atoms with van der Waals surface area (Å²) in [4.78, 5) is 31.5. The van der Waals surface area contributed by atoms with Gasteiger partial charge in [0, 0.05) is 17.5 Å². The molecule has 33 heavy (non-hydrogen) atoms. The molecule has 3 aliphatic rings. The van der Waals surface area contributed by atoms with Crippen LogP contribution in [0.4, 0.5) is 4.79 Å². The summed E-state index contributed by atoms with van der Waals surface area (Å²) >= 11 is 1.11. The van der Waals surface area contributed by atoms with E-state index in [1.807, 2.05) is 17.6 Å². The van der Waals surface area contributed by atoms with Crippen molar-refractivity contribution in [1.29, 1.82) is 0 Å². The topological polar surface area (TPSA) is 61.2 Å². The van der Waals surface area contributed by atoms with Gasteiger partial charge in [0.25, 0.3) is 5.56 Å². The van der Waals surface area contributed by atoms with Crippen LogP contribution in [0.3, 0.4) is 0 Å². The molecule has 1 spiro atoms. The van der Waals surface area contributed by atoms with Gasteiger partial charge >= 0.3 is 5.30 Å². The molecule has 5 nitrogen and oxygen atoms in total. The van der Waals surface area contributed by atoms with Gasteiger partial charge in [-0.15, -0.1) is 0 Å². The Hall–Kier alpha value is -2.08. The van der Waals surface area contributed by atoms with E-state index in [1.54, 1.807) is 0 Å². The van der Waals surface area contributed by atoms with Gasteiger partial charge in [0.2, 0.25) is 0 Å². The Morgan fingerprint density at radius 3 is 2.67 bits per heavy atom. The molecule has 176 valence electrons. The summed E-state index contributed by atoms with van der Waals surface area (Å²) in [5, 5.41) is -0.304. The highest BCUT2D eigenvalue weighted by Crippen LogP contribution is 2.49. The fourth-order valence-electron chi connectivity index (χ4n) is 6.32. The molecule has 0 radical (unpaired) electrons. The van der Waals surface area contributed by atoms with E-state index in [2.05, 4.69) is 18.2 Å². The zero-order chi connectivity index (χ0) is 22.8. The molecule has 0 aliphatic heterocycles. The highest BCUT2D eigenvalue weighted by Gasteiger charge is 2.44. The number of rotatable bonds is 5. The highest BCUT2D eigenvalue weighted by molar-refractivity contribution is 8.12. The average molecular weight is 467 g/mol. The second-order valence-corrected chi connectivity index (χ2v) is 10.9. The standard InChI is InChI=1S/C27H34N2O3S/c1-2-32-26(31)33-18-22-28-24-21-13-7-6-12-20(21)16-27(14-8-9-15-27)23(24)25(30)29(22)17-19-10-4-3-5-11-19/h6-7,12-13,19H,2-5,8-11,14-18H2,1H3. The Labute approximate surface area is 200 Å². The molecule has 3 aliphatic carbocycles. The summed E-state index contributed by atoms with van der Waals surface area (Å²) < 4.78 is 7.08. The Morgan fingerprint density at radius 1 is 1.15 bits per heavy atom. The summed E-state index contributed by atoms with van der Waals surface area (Å²) in [7, 11) is 0. The first-order valence-corrected chi connectivity index (χ1v) is 13.6. The number of thioether (sulfide) groups is 1. The van der Waals surface area contributed by atoms with Gasteiger partial charge in [-0.2, -0.15) is 0 Å². The summed E-state index contributed by atoms with van der Waals surface area (Å²) in [6.07, 6.45) is 11.5. The molecular formula is C27H34N2O3S. The maximum absolute atomic E-state index is 14.2.